The summed E-state index contributed by atoms with van der Waals surface area (Å²) in [7, 11) is 0. The molecule has 4 heteroatoms. The second-order valence-corrected chi connectivity index (χ2v) is 5.04. The normalized spacial score (nSPS) is 19.8. The van der Waals surface area contributed by atoms with E-state index in [9.17, 15) is 4.79 Å². The molecule has 0 aromatic heterocycles. The highest BCUT2D eigenvalue weighted by Gasteiger charge is 2.17. The predicted molar refractivity (Wildman–Crippen MR) is 68.9 cm³/mol. The molecule has 1 fully saturated rings. The molecule has 4 nitrogen and oxygen atoms in total. The summed E-state index contributed by atoms with van der Waals surface area (Å²) in [6.07, 6.45) is 4.13. The van der Waals surface area contributed by atoms with E-state index in [0.29, 0.717) is 18.4 Å². The molecular weight excluding hydrogens is 216 g/mol. The molecule has 1 amide bonds. The third-order valence-electron chi connectivity index (χ3n) is 2.98. The van der Waals surface area contributed by atoms with E-state index in [1.807, 2.05) is 13.8 Å². The zero-order valence-corrected chi connectivity index (χ0v) is 11.1. The minimum atomic E-state index is 0.198. The summed E-state index contributed by atoms with van der Waals surface area (Å²) in [6.45, 7) is 7.70. The van der Waals surface area contributed by atoms with Crippen LogP contribution in [-0.2, 0) is 9.53 Å². The van der Waals surface area contributed by atoms with Crippen molar-refractivity contribution in [1.82, 2.24) is 10.6 Å². The molecule has 0 aromatic carbocycles. The van der Waals surface area contributed by atoms with Crippen molar-refractivity contribution in [2.24, 2.45) is 5.92 Å². The van der Waals surface area contributed by atoms with Gasteiger partial charge >= 0.3 is 0 Å². The Morgan fingerprint density at radius 3 is 2.94 bits per heavy atom. The Labute approximate surface area is 104 Å². The lowest BCUT2D eigenvalue weighted by atomic mass is 10.0. The van der Waals surface area contributed by atoms with Crippen LogP contribution in [-0.4, -0.2) is 38.3 Å². The summed E-state index contributed by atoms with van der Waals surface area (Å²) in [5, 5.41) is 6.25. The zero-order chi connectivity index (χ0) is 12.5. The standard InChI is InChI=1S/C13H26N2O2/c1-11(2)17-8-4-3-6-15-13(16)9-12-5-7-14-10-12/h11-12,14H,3-10H2,1-2H3,(H,15,16). The van der Waals surface area contributed by atoms with Crippen LogP contribution >= 0.6 is 0 Å². The summed E-state index contributed by atoms with van der Waals surface area (Å²) >= 11 is 0. The van der Waals surface area contributed by atoms with Crippen molar-refractivity contribution in [2.75, 3.05) is 26.2 Å². The first-order valence-corrected chi connectivity index (χ1v) is 6.77. The smallest absolute Gasteiger partial charge is 0.220 e. The van der Waals surface area contributed by atoms with Crippen LogP contribution in [0.3, 0.4) is 0 Å². The summed E-state index contributed by atoms with van der Waals surface area (Å²) < 4.78 is 5.44. The highest BCUT2D eigenvalue weighted by Crippen LogP contribution is 2.11. The second kappa shape index (κ2) is 8.48. The largest absolute Gasteiger partial charge is 0.379 e. The number of hydrogen-bond donors (Lipinski definition) is 2. The number of amides is 1. The van der Waals surface area contributed by atoms with Crippen LogP contribution in [0.2, 0.25) is 0 Å². The van der Waals surface area contributed by atoms with Gasteiger partial charge in [0.15, 0.2) is 0 Å². The van der Waals surface area contributed by atoms with Crippen molar-refractivity contribution in [3.05, 3.63) is 0 Å². The Morgan fingerprint density at radius 2 is 2.29 bits per heavy atom. The molecule has 1 rings (SSSR count). The topological polar surface area (TPSA) is 50.4 Å². The molecule has 0 aromatic rings. The maximum atomic E-state index is 11.6. The molecule has 1 aliphatic heterocycles. The first-order chi connectivity index (χ1) is 8.18. The number of unbranched alkanes of at least 4 members (excludes halogenated alkanes) is 1. The Morgan fingerprint density at radius 1 is 1.47 bits per heavy atom. The van der Waals surface area contributed by atoms with Gasteiger partial charge in [-0.05, 0) is 52.1 Å². The first kappa shape index (κ1) is 14.5. The molecule has 0 saturated carbocycles. The van der Waals surface area contributed by atoms with E-state index in [2.05, 4.69) is 10.6 Å². The number of carbonyl (C=O) groups is 1. The van der Waals surface area contributed by atoms with Gasteiger partial charge in [0.05, 0.1) is 6.10 Å². The molecule has 1 atom stereocenters. The van der Waals surface area contributed by atoms with Crippen molar-refractivity contribution >= 4 is 5.91 Å². The van der Waals surface area contributed by atoms with Crippen molar-refractivity contribution in [3.8, 4) is 0 Å². The van der Waals surface area contributed by atoms with Gasteiger partial charge < -0.3 is 15.4 Å². The van der Waals surface area contributed by atoms with Gasteiger partial charge in [-0.25, -0.2) is 0 Å². The van der Waals surface area contributed by atoms with Crippen LogP contribution < -0.4 is 10.6 Å². The SMILES string of the molecule is CC(C)OCCCCNC(=O)CC1CCNC1. The molecule has 0 aliphatic carbocycles. The average Bonchev–Trinajstić information content (AvgIpc) is 2.75. The third-order valence-corrected chi connectivity index (χ3v) is 2.98. The molecule has 0 bridgehead atoms. The van der Waals surface area contributed by atoms with E-state index >= 15 is 0 Å². The van der Waals surface area contributed by atoms with Crippen LogP contribution in [0.4, 0.5) is 0 Å². The Kier molecular flexibility index (Phi) is 7.21. The summed E-state index contributed by atoms with van der Waals surface area (Å²) in [4.78, 5) is 11.6. The molecular formula is C13H26N2O2. The molecule has 1 heterocycles. The van der Waals surface area contributed by atoms with Gasteiger partial charge in [0.25, 0.3) is 0 Å². The lowest BCUT2D eigenvalue weighted by Crippen LogP contribution is -2.27. The number of hydrogen-bond acceptors (Lipinski definition) is 3. The van der Waals surface area contributed by atoms with E-state index < -0.39 is 0 Å². The van der Waals surface area contributed by atoms with E-state index in [0.717, 1.165) is 45.5 Å². The van der Waals surface area contributed by atoms with E-state index in [1.54, 1.807) is 0 Å². The number of ether oxygens (including phenoxy) is 1. The predicted octanol–water partition coefficient (Wildman–Crippen LogP) is 1.31. The summed E-state index contributed by atoms with van der Waals surface area (Å²) in [5.74, 6) is 0.739. The maximum absolute atomic E-state index is 11.6. The van der Waals surface area contributed by atoms with E-state index in [1.165, 1.54) is 0 Å². The second-order valence-electron chi connectivity index (χ2n) is 5.04. The van der Waals surface area contributed by atoms with Crippen molar-refractivity contribution < 1.29 is 9.53 Å². The highest BCUT2D eigenvalue weighted by molar-refractivity contribution is 5.76. The number of nitrogens with one attached hydrogen (secondary N) is 2. The molecule has 0 spiro atoms. The fourth-order valence-corrected chi connectivity index (χ4v) is 2.00. The van der Waals surface area contributed by atoms with Crippen molar-refractivity contribution in [2.45, 2.75) is 45.6 Å². The minimum Gasteiger partial charge on any atom is -0.379 e. The van der Waals surface area contributed by atoms with Crippen LogP contribution in [0.5, 0.6) is 0 Å². The first-order valence-electron chi connectivity index (χ1n) is 6.77. The van der Waals surface area contributed by atoms with Gasteiger partial charge in [-0.3, -0.25) is 4.79 Å². The molecule has 0 radical (unpaired) electrons. The molecule has 17 heavy (non-hydrogen) atoms. The Bertz CT molecular complexity index is 213. The molecule has 100 valence electrons. The Balaban J connectivity index is 1.89. The van der Waals surface area contributed by atoms with Crippen molar-refractivity contribution in [3.63, 3.8) is 0 Å². The van der Waals surface area contributed by atoms with Gasteiger partial charge in [-0.2, -0.15) is 0 Å². The molecule has 2 N–H and O–H groups in total. The fourth-order valence-electron chi connectivity index (χ4n) is 2.00. The fraction of sp³-hybridized carbons (Fsp3) is 0.923. The molecule has 1 saturated heterocycles. The minimum absolute atomic E-state index is 0.198. The van der Waals surface area contributed by atoms with Gasteiger partial charge in [0, 0.05) is 19.6 Å². The zero-order valence-electron chi connectivity index (χ0n) is 11.1. The molecule has 1 unspecified atom stereocenters. The van der Waals surface area contributed by atoms with Crippen LogP contribution in [0.25, 0.3) is 0 Å². The lowest BCUT2D eigenvalue weighted by Gasteiger charge is -2.10. The van der Waals surface area contributed by atoms with Gasteiger partial charge in [0.1, 0.15) is 0 Å². The third kappa shape index (κ3) is 7.34. The lowest BCUT2D eigenvalue weighted by molar-refractivity contribution is -0.121. The van der Waals surface area contributed by atoms with E-state index in [4.69, 9.17) is 4.74 Å². The summed E-state index contributed by atoms with van der Waals surface area (Å²) in [5.41, 5.74) is 0. The average molecular weight is 242 g/mol. The van der Waals surface area contributed by atoms with Gasteiger partial charge in [-0.1, -0.05) is 0 Å². The van der Waals surface area contributed by atoms with Gasteiger partial charge in [0.2, 0.25) is 5.91 Å². The van der Waals surface area contributed by atoms with Crippen LogP contribution in [0, 0.1) is 5.92 Å². The van der Waals surface area contributed by atoms with Crippen molar-refractivity contribution in [1.29, 1.82) is 0 Å². The van der Waals surface area contributed by atoms with E-state index in [-0.39, 0.29) is 5.91 Å². The highest BCUT2D eigenvalue weighted by atomic mass is 16.5. The maximum Gasteiger partial charge on any atom is 0.220 e. The quantitative estimate of drug-likeness (QED) is 0.631. The number of carbonyl (C=O) groups excluding carboxylic acids is 1. The monoisotopic (exact) mass is 242 g/mol. The summed E-state index contributed by atoms with van der Waals surface area (Å²) in [6, 6.07) is 0. The van der Waals surface area contributed by atoms with Crippen LogP contribution in [0.1, 0.15) is 39.5 Å². The Hall–Kier alpha value is -0.610. The van der Waals surface area contributed by atoms with Crippen LogP contribution in [0.15, 0.2) is 0 Å². The molecule has 1 aliphatic rings. The van der Waals surface area contributed by atoms with Gasteiger partial charge in [-0.15, -0.1) is 0 Å². The number of rotatable bonds is 8.